The summed E-state index contributed by atoms with van der Waals surface area (Å²) in [5.41, 5.74) is -0.224. The summed E-state index contributed by atoms with van der Waals surface area (Å²) >= 11 is 0. The zero-order chi connectivity index (χ0) is 29.9. The minimum atomic E-state index is -0.413. The number of carbonyl (C=O) groups excluding carboxylic acids is 2. The van der Waals surface area contributed by atoms with Gasteiger partial charge in [0.2, 0.25) is 0 Å². The summed E-state index contributed by atoms with van der Waals surface area (Å²) in [6.45, 7) is 6.44. The number of hydrogen-bond donors (Lipinski definition) is 0. The first-order chi connectivity index (χ1) is 20.0. The van der Waals surface area contributed by atoms with E-state index in [4.69, 9.17) is 9.47 Å². The Balaban J connectivity index is 1.88. The van der Waals surface area contributed by atoms with Crippen LogP contribution in [0.3, 0.4) is 0 Å². The molecule has 240 valence electrons. The highest BCUT2D eigenvalue weighted by atomic mass is 16.6. The molecule has 0 aromatic rings. The number of ether oxygens (including phenoxy) is 2. The van der Waals surface area contributed by atoms with Crippen LogP contribution in [-0.2, 0) is 19.1 Å². The molecule has 1 unspecified atom stereocenters. The van der Waals surface area contributed by atoms with Crippen molar-refractivity contribution < 1.29 is 19.1 Å². The number of nitrogens with zero attached hydrogens (tertiary/aromatic N) is 2. The van der Waals surface area contributed by atoms with E-state index < -0.39 is 6.10 Å². The Morgan fingerprint density at radius 1 is 0.537 bits per heavy atom. The van der Waals surface area contributed by atoms with Gasteiger partial charge in [0.05, 0.1) is 0 Å². The molecular weight excluding hydrogens is 512 g/mol. The fourth-order valence-electron chi connectivity index (χ4n) is 5.52. The van der Waals surface area contributed by atoms with Gasteiger partial charge in [0.1, 0.15) is 12.7 Å². The van der Waals surface area contributed by atoms with Crippen LogP contribution in [-0.4, -0.2) is 30.3 Å². The van der Waals surface area contributed by atoms with Gasteiger partial charge >= 0.3 is 11.9 Å². The van der Waals surface area contributed by atoms with E-state index in [-0.39, 0.29) is 24.2 Å². The summed E-state index contributed by atoms with van der Waals surface area (Å²) in [6.07, 6.45) is 31.6. The van der Waals surface area contributed by atoms with Crippen LogP contribution >= 0.6 is 0 Å². The number of rotatable bonds is 31. The molecule has 1 aliphatic heterocycles. The van der Waals surface area contributed by atoms with Gasteiger partial charge in [0.15, 0.2) is 5.66 Å². The SMILES string of the molecule is CCCCCCCCCCCCCCCCCC(=O)OCC(C)OC(=O)CCCC1(CCCCCCCCC)N=N1. The van der Waals surface area contributed by atoms with Crippen molar-refractivity contribution in [3.8, 4) is 0 Å². The number of carbonyl (C=O) groups is 2. The predicted octanol–water partition coefficient (Wildman–Crippen LogP) is 11.2. The van der Waals surface area contributed by atoms with E-state index in [1.165, 1.54) is 122 Å². The van der Waals surface area contributed by atoms with Crippen molar-refractivity contribution in [2.75, 3.05) is 6.61 Å². The highest BCUT2D eigenvalue weighted by molar-refractivity contribution is 5.70. The molecule has 0 saturated carbocycles. The van der Waals surface area contributed by atoms with Crippen molar-refractivity contribution in [2.45, 2.75) is 206 Å². The van der Waals surface area contributed by atoms with Crippen LogP contribution in [0.15, 0.2) is 10.2 Å². The first kappa shape index (κ1) is 37.6. The van der Waals surface area contributed by atoms with Crippen molar-refractivity contribution in [1.82, 2.24) is 0 Å². The van der Waals surface area contributed by atoms with E-state index >= 15 is 0 Å². The maximum Gasteiger partial charge on any atom is 0.306 e. The molecule has 1 atom stereocenters. The molecule has 6 nitrogen and oxygen atoms in total. The number of hydrogen-bond acceptors (Lipinski definition) is 6. The molecule has 0 aliphatic carbocycles. The van der Waals surface area contributed by atoms with Gasteiger partial charge in [0.25, 0.3) is 0 Å². The van der Waals surface area contributed by atoms with Gasteiger partial charge in [-0.15, -0.1) is 0 Å². The molecule has 0 fully saturated rings. The van der Waals surface area contributed by atoms with Crippen LogP contribution in [0.4, 0.5) is 0 Å². The molecule has 0 aromatic heterocycles. The second-order valence-corrected chi connectivity index (χ2v) is 12.6. The van der Waals surface area contributed by atoms with Gasteiger partial charge in [-0.3, -0.25) is 9.59 Å². The molecular formula is C35H66N2O4. The minimum absolute atomic E-state index is 0.135. The van der Waals surface area contributed by atoms with Crippen LogP contribution in [0.2, 0.25) is 0 Å². The minimum Gasteiger partial charge on any atom is -0.462 e. The zero-order valence-corrected chi connectivity index (χ0v) is 27.4. The average molecular weight is 579 g/mol. The molecule has 41 heavy (non-hydrogen) atoms. The van der Waals surface area contributed by atoms with Crippen molar-refractivity contribution in [3.63, 3.8) is 0 Å². The Bertz CT molecular complexity index is 661. The number of unbranched alkanes of at least 4 members (excludes halogenated alkanes) is 20. The highest BCUT2D eigenvalue weighted by Gasteiger charge is 2.38. The second-order valence-electron chi connectivity index (χ2n) is 12.6. The summed E-state index contributed by atoms with van der Waals surface area (Å²) in [6, 6.07) is 0. The Labute approximate surface area is 253 Å². The number of esters is 2. The van der Waals surface area contributed by atoms with Gasteiger partial charge in [-0.25, -0.2) is 0 Å². The zero-order valence-electron chi connectivity index (χ0n) is 27.4. The smallest absolute Gasteiger partial charge is 0.306 e. The molecule has 0 radical (unpaired) electrons. The molecule has 0 amide bonds. The largest absolute Gasteiger partial charge is 0.462 e. The summed E-state index contributed by atoms with van der Waals surface area (Å²) in [4.78, 5) is 24.2. The monoisotopic (exact) mass is 579 g/mol. The molecule has 6 heteroatoms. The van der Waals surface area contributed by atoms with Gasteiger partial charge < -0.3 is 9.47 Å². The summed E-state index contributed by atoms with van der Waals surface area (Å²) in [5, 5.41) is 8.55. The van der Waals surface area contributed by atoms with Crippen molar-refractivity contribution >= 4 is 11.9 Å². The molecule has 1 rings (SSSR count). The molecule has 0 saturated heterocycles. The average Bonchev–Trinajstić information content (AvgIpc) is 3.73. The van der Waals surface area contributed by atoms with Crippen LogP contribution in [0.1, 0.15) is 194 Å². The van der Waals surface area contributed by atoms with Crippen molar-refractivity contribution in [3.05, 3.63) is 0 Å². The fourth-order valence-corrected chi connectivity index (χ4v) is 5.52. The first-order valence-electron chi connectivity index (χ1n) is 17.8. The standard InChI is InChI=1S/C35H66N2O4/c1-4-6-8-10-12-13-14-15-16-17-18-19-20-22-24-27-33(38)40-31-32(3)41-34(39)28-26-30-35(36-37-35)29-25-23-21-11-9-7-5-2/h32H,4-31H2,1-3H3. The third-order valence-corrected chi connectivity index (χ3v) is 8.32. The third-order valence-electron chi connectivity index (χ3n) is 8.32. The Morgan fingerprint density at radius 2 is 0.927 bits per heavy atom. The second kappa shape index (κ2) is 26.2. The molecule has 1 aliphatic rings. The predicted molar refractivity (Wildman–Crippen MR) is 170 cm³/mol. The fraction of sp³-hybridized carbons (Fsp3) is 0.943. The van der Waals surface area contributed by atoms with Gasteiger partial charge in [-0.05, 0) is 39.0 Å². The van der Waals surface area contributed by atoms with Crippen molar-refractivity contribution in [1.29, 1.82) is 0 Å². The van der Waals surface area contributed by atoms with E-state index in [1.807, 2.05) is 0 Å². The molecule has 1 heterocycles. The van der Waals surface area contributed by atoms with E-state index in [9.17, 15) is 9.59 Å². The van der Waals surface area contributed by atoms with E-state index in [0.29, 0.717) is 12.8 Å². The van der Waals surface area contributed by atoms with E-state index in [0.717, 1.165) is 38.5 Å². The van der Waals surface area contributed by atoms with Crippen LogP contribution in [0, 0.1) is 0 Å². The lowest BCUT2D eigenvalue weighted by molar-refractivity contribution is -0.158. The Morgan fingerprint density at radius 3 is 1.39 bits per heavy atom. The lowest BCUT2D eigenvalue weighted by Crippen LogP contribution is -2.22. The van der Waals surface area contributed by atoms with Gasteiger partial charge in [0, 0.05) is 12.8 Å². The lowest BCUT2D eigenvalue weighted by Gasteiger charge is -2.14. The van der Waals surface area contributed by atoms with E-state index in [2.05, 4.69) is 24.1 Å². The molecule has 0 N–H and O–H groups in total. The van der Waals surface area contributed by atoms with Gasteiger partial charge in [-0.2, -0.15) is 10.2 Å². The van der Waals surface area contributed by atoms with Crippen LogP contribution < -0.4 is 0 Å². The summed E-state index contributed by atoms with van der Waals surface area (Å²) in [5.74, 6) is -0.422. The molecule has 0 bridgehead atoms. The Hall–Kier alpha value is -1.46. The molecule has 0 aromatic carbocycles. The first-order valence-corrected chi connectivity index (χ1v) is 17.8. The van der Waals surface area contributed by atoms with Crippen molar-refractivity contribution in [2.24, 2.45) is 10.2 Å². The van der Waals surface area contributed by atoms with Crippen LogP contribution in [0.5, 0.6) is 0 Å². The maximum atomic E-state index is 12.2. The topological polar surface area (TPSA) is 77.3 Å². The Kier molecular flexibility index (Phi) is 24.0. The van der Waals surface area contributed by atoms with Crippen LogP contribution in [0.25, 0.3) is 0 Å². The third kappa shape index (κ3) is 23.8. The van der Waals surface area contributed by atoms with E-state index in [1.54, 1.807) is 6.92 Å². The molecule has 0 spiro atoms. The summed E-state index contributed by atoms with van der Waals surface area (Å²) in [7, 11) is 0. The van der Waals surface area contributed by atoms with Gasteiger partial charge in [-0.1, -0.05) is 142 Å². The quantitative estimate of drug-likeness (QED) is 0.0605. The lowest BCUT2D eigenvalue weighted by atomic mass is 9.98. The normalized spacial score (nSPS) is 14.2. The summed E-state index contributed by atoms with van der Waals surface area (Å²) < 4.78 is 10.8. The maximum absolute atomic E-state index is 12.2. The highest BCUT2D eigenvalue weighted by Crippen LogP contribution is 2.38.